The van der Waals surface area contributed by atoms with Crippen LogP contribution in [-0.4, -0.2) is 58.1 Å². The van der Waals surface area contributed by atoms with Crippen LogP contribution < -0.4 is 15.8 Å². The zero-order valence-corrected chi connectivity index (χ0v) is 19.0. The van der Waals surface area contributed by atoms with Gasteiger partial charge in [0, 0.05) is 41.1 Å². The highest BCUT2D eigenvalue weighted by Crippen LogP contribution is 2.41. The molecule has 2 fully saturated rings. The van der Waals surface area contributed by atoms with Crippen LogP contribution in [0.3, 0.4) is 0 Å². The lowest BCUT2D eigenvalue weighted by Gasteiger charge is -2.34. The molecule has 2 atom stereocenters. The summed E-state index contributed by atoms with van der Waals surface area (Å²) in [6, 6.07) is 6.47. The molecule has 0 bridgehead atoms. The lowest BCUT2D eigenvalue weighted by Crippen LogP contribution is -2.44. The molecule has 5 rings (SSSR count). The number of hydrogen-bond donors (Lipinski definition) is 2. The van der Waals surface area contributed by atoms with Crippen LogP contribution in [0.4, 0.5) is 5.82 Å². The minimum Gasteiger partial charge on any atom is -0.478 e. The summed E-state index contributed by atoms with van der Waals surface area (Å²) in [7, 11) is 0. The van der Waals surface area contributed by atoms with E-state index in [1.807, 2.05) is 37.0 Å². The molecular weight excluding hydrogens is 412 g/mol. The van der Waals surface area contributed by atoms with Gasteiger partial charge in [-0.15, -0.1) is 0 Å². The number of thioether (sulfide) groups is 1. The molecule has 5 heterocycles. The Morgan fingerprint density at radius 1 is 1.29 bits per heavy atom. The summed E-state index contributed by atoms with van der Waals surface area (Å²) >= 11 is 2.00. The smallest absolute Gasteiger partial charge is 0.215 e. The molecule has 0 amide bonds. The highest BCUT2D eigenvalue weighted by Gasteiger charge is 2.26. The Labute approximate surface area is 186 Å². The number of nitrogens with one attached hydrogen (secondary N) is 1. The first-order valence-corrected chi connectivity index (χ1v) is 11.7. The van der Waals surface area contributed by atoms with Gasteiger partial charge in [-0.05, 0) is 38.5 Å². The maximum Gasteiger partial charge on any atom is 0.215 e. The zero-order chi connectivity index (χ0) is 20.5. The largest absolute Gasteiger partial charge is 0.478 e. The molecule has 8 nitrogen and oxygen atoms in total. The minimum absolute atomic E-state index is 0. The van der Waals surface area contributed by atoms with E-state index in [2.05, 4.69) is 27.9 Å². The van der Waals surface area contributed by atoms with Gasteiger partial charge in [-0.25, -0.2) is 9.97 Å². The van der Waals surface area contributed by atoms with Gasteiger partial charge in [0.25, 0.3) is 0 Å². The van der Waals surface area contributed by atoms with Crippen molar-refractivity contribution in [2.75, 3.05) is 37.0 Å². The fourth-order valence-corrected chi connectivity index (χ4v) is 5.43. The lowest BCUT2D eigenvalue weighted by atomic mass is 10.1. The molecular formula is C22H30N6O2S. The molecule has 2 unspecified atom stereocenters. The number of ether oxygens (including phenoxy) is 2. The standard InChI is InChI=1S/C22H27N5O2S.H3N/c1-3-29-20-11-16(15-6-7-23-21(15)26-20)22-24-17(18-5-4-10-30-18)12-19(25-22)27-8-9-28-13-14(27)2;/h6-7,11-12,14,18H,3-5,8-10,13H2,1-2H3,(H,23,26);1H3. The molecule has 0 aromatic carbocycles. The number of fused-ring (bicyclic) bond motifs is 1. The average Bonchev–Trinajstić information content (AvgIpc) is 3.45. The minimum atomic E-state index is 0. The fourth-order valence-electron chi connectivity index (χ4n) is 4.18. The van der Waals surface area contributed by atoms with E-state index in [1.165, 1.54) is 18.6 Å². The number of anilines is 1. The highest BCUT2D eigenvalue weighted by atomic mass is 32.2. The summed E-state index contributed by atoms with van der Waals surface area (Å²) in [5.74, 6) is 3.51. The van der Waals surface area contributed by atoms with Crippen molar-refractivity contribution in [1.82, 2.24) is 26.1 Å². The van der Waals surface area contributed by atoms with Gasteiger partial charge in [-0.2, -0.15) is 16.7 Å². The third kappa shape index (κ3) is 4.35. The van der Waals surface area contributed by atoms with Crippen molar-refractivity contribution in [3.8, 4) is 17.3 Å². The number of H-pyrrole nitrogens is 1. The summed E-state index contributed by atoms with van der Waals surface area (Å²) in [5.41, 5.74) is 2.87. The van der Waals surface area contributed by atoms with Crippen molar-refractivity contribution >= 4 is 28.6 Å². The molecule has 0 radical (unpaired) electrons. The van der Waals surface area contributed by atoms with E-state index in [-0.39, 0.29) is 12.2 Å². The Kier molecular flexibility index (Phi) is 6.64. The van der Waals surface area contributed by atoms with E-state index in [4.69, 9.17) is 19.4 Å². The van der Waals surface area contributed by atoms with E-state index in [0.717, 1.165) is 53.7 Å². The van der Waals surface area contributed by atoms with Crippen molar-refractivity contribution in [2.45, 2.75) is 38.0 Å². The molecule has 2 saturated heterocycles. The van der Waals surface area contributed by atoms with Crippen LogP contribution in [0.2, 0.25) is 0 Å². The molecule has 31 heavy (non-hydrogen) atoms. The molecule has 3 aromatic heterocycles. The second kappa shape index (κ2) is 9.42. The predicted molar refractivity (Wildman–Crippen MR) is 125 cm³/mol. The van der Waals surface area contributed by atoms with Crippen LogP contribution in [0.5, 0.6) is 5.88 Å². The molecule has 4 N–H and O–H groups in total. The number of pyridine rings is 1. The Bertz CT molecular complexity index is 1040. The van der Waals surface area contributed by atoms with Gasteiger partial charge in [-0.3, -0.25) is 0 Å². The van der Waals surface area contributed by atoms with Crippen molar-refractivity contribution in [3.63, 3.8) is 0 Å². The zero-order valence-electron chi connectivity index (χ0n) is 18.1. The number of morpholine rings is 1. The van der Waals surface area contributed by atoms with E-state index in [1.54, 1.807) is 0 Å². The molecule has 0 saturated carbocycles. The monoisotopic (exact) mass is 442 g/mol. The number of rotatable bonds is 5. The molecule has 166 valence electrons. The van der Waals surface area contributed by atoms with E-state index >= 15 is 0 Å². The van der Waals surface area contributed by atoms with Gasteiger partial charge in [0.2, 0.25) is 5.88 Å². The van der Waals surface area contributed by atoms with Crippen LogP contribution in [0.15, 0.2) is 24.4 Å². The predicted octanol–water partition coefficient (Wildman–Crippen LogP) is 4.37. The Morgan fingerprint density at radius 2 is 2.19 bits per heavy atom. The number of aromatic amines is 1. The normalized spacial score (nSPS) is 21.3. The SMILES string of the molecule is CCOc1cc(-c2nc(C3CCCS3)cc(N3CCOCC3C)n2)c2cc[nH]c2n1.N. The van der Waals surface area contributed by atoms with Crippen molar-refractivity contribution in [3.05, 3.63) is 30.1 Å². The number of nitrogens with zero attached hydrogens (tertiary/aromatic N) is 4. The van der Waals surface area contributed by atoms with Gasteiger partial charge in [0.05, 0.1) is 31.6 Å². The van der Waals surface area contributed by atoms with Crippen molar-refractivity contribution in [2.24, 2.45) is 0 Å². The van der Waals surface area contributed by atoms with Gasteiger partial charge in [-0.1, -0.05) is 0 Å². The first kappa shape index (κ1) is 21.9. The Balaban J connectivity index is 0.00000231. The van der Waals surface area contributed by atoms with E-state index < -0.39 is 0 Å². The third-order valence-electron chi connectivity index (χ3n) is 5.69. The lowest BCUT2D eigenvalue weighted by molar-refractivity contribution is 0.0985. The quantitative estimate of drug-likeness (QED) is 0.599. The summed E-state index contributed by atoms with van der Waals surface area (Å²) in [6.45, 7) is 7.01. The van der Waals surface area contributed by atoms with Gasteiger partial charge < -0.3 is 25.5 Å². The average molecular weight is 443 g/mol. The summed E-state index contributed by atoms with van der Waals surface area (Å²) in [5, 5.41) is 1.44. The maximum atomic E-state index is 5.72. The van der Waals surface area contributed by atoms with Crippen LogP contribution in [0.25, 0.3) is 22.4 Å². The highest BCUT2D eigenvalue weighted by molar-refractivity contribution is 7.99. The van der Waals surface area contributed by atoms with Crippen LogP contribution in [0.1, 0.15) is 37.6 Å². The summed E-state index contributed by atoms with van der Waals surface area (Å²) in [4.78, 5) is 20.2. The second-order valence-electron chi connectivity index (χ2n) is 7.77. The molecule has 2 aliphatic rings. The van der Waals surface area contributed by atoms with Gasteiger partial charge in [0.15, 0.2) is 5.82 Å². The summed E-state index contributed by atoms with van der Waals surface area (Å²) in [6.07, 6.45) is 4.31. The molecule has 9 heteroatoms. The van der Waals surface area contributed by atoms with Crippen LogP contribution in [0, 0.1) is 0 Å². The molecule has 3 aromatic rings. The molecule has 2 aliphatic heterocycles. The first-order valence-electron chi connectivity index (χ1n) is 10.7. The molecule has 0 aliphatic carbocycles. The van der Waals surface area contributed by atoms with Crippen LogP contribution in [-0.2, 0) is 4.74 Å². The maximum absolute atomic E-state index is 5.72. The Hall–Kier alpha value is -2.36. The molecule has 0 spiro atoms. The van der Waals surface area contributed by atoms with Crippen LogP contribution >= 0.6 is 11.8 Å². The number of aromatic nitrogens is 4. The van der Waals surface area contributed by atoms with Crippen molar-refractivity contribution in [1.29, 1.82) is 0 Å². The van der Waals surface area contributed by atoms with Crippen molar-refractivity contribution < 1.29 is 9.47 Å². The first-order chi connectivity index (χ1) is 14.7. The third-order valence-corrected chi connectivity index (χ3v) is 7.10. The fraction of sp³-hybridized carbons (Fsp3) is 0.500. The van der Waals surface area contributed by atoms with E-state index in [0.29, 0.717) is 17.7 Å². The summed E-state index contributed by atoms with van der Waals surface area (Å²) < 4.78 is 11.4. The Morgan fingerprint density at radius 3 is 2.97 bits per heavy atom. The van der Waals surface area contributed by atoms with Gasteiger partial charge in [0.1, 0.15) is 11.5 Å². The second-order valence-corrected chi connectivity index (χ2v) is 9.09. The number of hydrogen-bond acceptors (Lipinski definition) is 8. The van der Waals surface area contributed by atoms with E-state index in [9.17, 15) is 0 Å². The van der Waals surface area contributed by atoms with Gasteiger partial charge >= 0.3 is 0 Å². The topological polar surface area (TPSA) is 111 Å².